The number of nitrogens with zero attached hydrogens (tertiary/aromatic N) is 3. The minimum absolute atomic E-state index is 0.718. The zero-order valence-corrected chi connectivity index (χ0v) is 17.1. The van der Waals surface area contributed by atoms with Gasteiger partial charge in [0.1, 0.15) is 16.5 Å². The summed E-state index contributed by atoms with van der Waals surface area (Å²) >= 11 is 1.65. The lowest BCUT2D eigenvalue weighted by Gasteiger charge is -2.03. The molecule has 0 bridgehead atoms. The summed E-state index contributed by atoms with van der Waals surface area (Å²) < 4.78 is 12.0. The second-order valence-corrected chi connectivity index (χ2v) is 7.47. The molecule has 0 unspecified atom stereocenters. The second kappa shape index (κ2) is 8.84. The van der Waals surface area contributed by atoms with Gasteiger partial charge >= 0.3 is 0 Å². The third-order valence-corrected chi connectivity index (χ3v) is 5.37. The quantitative estimate of drug-likeness (QED) is 0.307. The van der Waals surface area contributed by atoms with Crippen LogP contribution in [0.4, 0.5) is 11.4 Å². The molecule has 0 aliphatic carbocycles. The fourth-order valence-corrected chi connectivity index (χ4v) is 3.77. The Bertz CT molecular complexity index is 1120. The number of hydrogen-bond donors (Lipinski definition) is 0. The highest BCUT2D eigenvalue weighted by Crippen LogP contribution is 2.33. The van der Waals surface area contributed by atoms with Gasteiger partial charge in [-0.2, -0.15) is 10.2 Å². The lowest BCUT2D eigenvalue weighted by atomic mass is 10.2. The summed E-state index contributed by atoms with van der Waals surface area (Å²) in [5.41, 5.74) is 3.61. The summed E-state index contributed by atoms with van der Waals surface area (Å²) in [5, 5.41) is 9.59. The minimum Gasteiger partial charge on any atom is -0.497 e. The number of fused-ring (bicyclic) bond motifs is 1. The van der Waals surface area contributed by atoms with E-state index in [4.69, 9.17) is 14.5 Å². The van der Waals surface area contributed by atoms with Crippen molar-refractivity contribution in [3.8, 4) is 22.1 Å². The minimum atomic E-state index is 0.718. The Labute approximate surface area is 173 Å². The number of benzene rings is 3. The van der Waals surface area contributed by atoms with Crippen LogP contribution in [-0.4, -0.2) is 18.7 Å². The van der Waals surface area contributed by atoms with Crippen LogP contribution in [0.15, 0.2) is 77.0 Å². The van der Waals surface area contributed by atoms with E-state index in [2.05, 4.69) is 17.2 Å². The molecule has 1 aromatic heterocycles. The van der Waals surface area contributed by atoms with Crippen molar-refractivity contribution in [1.82, 2.24) is 4.98 Å². The first-order chi connectivity index (χ1) is 14.2. The summed E-state index contributed by atoms with van der Waals surface area (Å²) in [5.74, 6) is 1.69. The van der Waals surface area contributed by atoms with Crippen molar-refractivity contribution in [2.75, 3.05) is 13.7 Å². The Morgan fingerprint density at radius 1 is 0.862 bits per heavy atom. The van der Waals surface area contributed by atoms with Crippen LogP contribution < -0.4 is 9.47 Å². The van der Waals surface area contributed by atoms with E-state index >= 15 is 0 Å². The van der Waals surface area contributed by atoms with Gasteiger partial charge in [-0.1, -0.05) is 6.92 Å². The standard InChI is InChI=1S/C23H21N3O2S/c1-3-14-28-19-10-8-18(9-11-19)26-25-17-6-4-16(5-7-17)23-24-21-13-12-20(27-2)15-22(21)29-23/h4-13,15H,3,14H2,1-2H3/b26-25+. The highest BCUT2D eigenvalue weighted by molar-refractivity contribution is 7.21. The molecule has 4 aromatic rings. The van der Waals surface area contributed by atoms with Crippen molar-refractivity contribution in [2.24, 2.45) is 10.2 Å². The predicted octanol–water partition coefficient (Wildman–Crippen LogP) is 7.18. The molecule has 0 radical (unpaired) electrons. The maximum absolute atomic E-state index is 5.58. The molecule has 0 aliphatic heterocycles. The monoisotopic (exact) mass is 403 g/mol. The van der Waals surface area contributed by atoms with Gasteiger partial charge < -0.3 is 9.47 Å². The van der Waals surface area contributed by atoms with E-state index < -0.39 is 0 Å². The Morgan fingerprint density at radius 3 is 2.17 bits per heavy atom. The molecule has 0 saturated carbocycles. The molecule has 3 aromatic carbocycles. The van der Waals surface area contributed by atoms with Crippen LogP contribution in [0.3, 0.4) is 0 Å². The third-order valence-electron chi connectivity index (χ3n) is 4.30. The molecule has 5 nitrogen and oxygen atoms in total. The van der Waals surface area contributed by atoms with E-state index in [0.717, 1.165) is 56.7 Å². The maximum atomic E-state index is 5.58. The van der Waals surface area contributed by atoms with E-state index in [9.17, 15) is 0 Å². The second-order valence-electron chi connectivity index (χ2n) is 6.44. The van der Waals surface area contributed by atoms with Crippen molar-refractivity contribution in [3.05, 3.63) is 66.7 Å². The normalized spacial score (nSPS) is 11.2. The highest BCUT2D eigenvalue weighted by Gasteiger charge is 2.07. The molecule has 0 amide bonds. The van der Waals surface area contributed by atoms with Gasteiger partial charge in [0.05, 0.1) is 35.3 Å². The molecule has 1 heterocycles. The van der Waals surface area contributed by atoms with E-state index in [0.29, 0.717) is 0 Å². The van der Waals surface area contributed by atoms with Crippen LogP contribution in [0.5, 0.6) is 11.5 Å². The fraction of sp³-hybridized carbons (Fsp3) is 0.174. The van der Waals surface area contributed by atoms with Gasteiger partial charge in [-0.05, 0) is 73.2 Å². The largest absolute Gasteiger partial charge is 0.497 e. The van der Waals surface area contributed by atoms with Gasteiger partial charge in [-0.25, -0.2) is 4.98 Å². The molecular weight excluding hydrogens is 382 g/mol. The molecule has 0 spiro atoms. The number of methoxy groups -OCH3 is 1. The summed E-state index contributed by atoms with van der Waals surface area (Å²) in [4.78, 5) is 4.71. The van der Waals surface area contributed by atoms with E-state index in [1.54, 1.807) is 18.4 Å². The summed E-state index contributed by atoms with van der Waals surface area (Å²) in [7, 11) is 1.67. The smallest absolute Gasteiger partial charge is 0.124 e. The van der Waals surface area contributed by atoms with Crippen molar-refractivity contribution in [3.63, 3.8) is 0 Å². The van der Waals surface area contributed by atoms with Crippen LogP contribution in [0.25, 0.3) is 20.8 Å². The van der Waals surface area contributed by atoms with Gasteiger partial charge in [0.25, 0.3) is 0 Å². The van der Waals surface area contributed by atoms with Crippen LogP contribution in [0.1, 0.15) is 13.3 Å². The molecule has 4 rings (SSSR count). The SMILES string of the molecule is CCCOc1ccc(/N=N/c2ccc(-c3nc4ccc(OC)cc4s3)cc2)cc1. The van der Waals surface area contributed by atoms with Crippen LogP contribution in [0, 0.1) is 0 Å². The van der Waals surface area contributed by atoms with Crippen molar-refractivity contribution in [1.29, 1.82) is 0 Å². The number of azo groups is 1. The van der Waals surface area contributed by atoms with E-state index in [1.807, 2.05) is 66.7 Å². The molecule has 0 saturated heterocycles. The van der Waals surface area contributed by atoms with Gasteiger partial charge in [0.15, 0.2) is 0 Å². The van der Waals surface area contributed by atoms with Gasteiger partial charge in [0, 0.05) is 5.56 Å². The van der Waals surface area contributed by atoms with E-state index in [-0.39, 0.29) is 0 Å². The van der Waals surface area contributed by atoms with E-state index in [1.165, 1.54) is 0 Å². The first kappa shape index (κ1) is 19.1. The number of rotatable bonds is 7. The summed E-state index contributed by atoms with van der Waals surface area (Å²) in [6.45, 7) is 2.80. The van der Waals surface area contributed by atoms with Gasteiger partial charge in [-0.15, -0.1) is 11.3 Å². The average molecular weight is 404 g/mol. The van der Waals surface area contributed by atoms with Crippen LogP contribution in [-0.2, 0) is 0 Å². The van der Waals surface area contributed by atoms with Crippen molar-refractivity contribution in [2.45, 2.75) is 13.3 Å². The first-order valence-corrected chi connectivity index (χ1v) is 10.3. The first-order valence-electron chi connectivity index (χ1n) is 9.45. The Balaban J connectivity index is 1.47. The maximum Gasteiger partial charge on any atom is 0.124 e. The van der Waals surface area contributed by atoms with Crippen LogP contribution >= 0.6 is 11.3 Å². The molecule has 0 fully saturated rings. The molecular formula is C23H21N3O2S. The summed E-state index contributed by atoms with van der Waals surface area (Å²) in [6.07, 6.45) is 0.989. The zero-order valence-electron chi connectivity index (χ0n) is 16.3. The average Bonchev–Trinajstić information content (AvgIpc) is 3.20. The fourth-order valence-electron chi connectivity index (χ4n) is 2.77. The lowest BCUT2D eigenvalue weighted by Crippen LogP contribution is -1.93. The third kappa shape index (κ3) is 4.60. The molecule has 29 heavy (non-hydrogen) atoms. The van der Waals surface area contributed by atoms with Crippen molar-refractivity contribution < 1.29 is 9.47 Å². The molecule has 0 aliphatic rings. The van der Waals surface area contributed by atoms with Crippen molar-refractivity contribution >= 4 is 32.9 Å². The highest BCUT2D eigenvalue weighted by atomic mass is 32.1. The number of hydrogen-bond acceptors (Lipinski definition) is 6. The number of aromatic nitrogens is 1. The topological polar surface area (TPSA) is 56.1 Å². The number of thiazole rings is 1. The lowest BCUT2D eigenvalue weighted by molar-refractivity contribution is 0.317. The van der Waals surface area contributed by atoms with Gasteiger partial charge in [-0.3, -0.25) is 0 Å². The number of ether oxygens (including phenoxy) is 2. The Hall–Kier alpha value is -3.25. The molecule has 146 valence electrons. The van der Waals surface area contributed by atoms with Gasteiger partial charge in [0.2, 0.25) is 0 Å². The zero-order chi connectivity index (χ0) is 20.1. The Kier molecular flexibility index (Phi) is 5.81. The Morgan fingerprint density at radius 2 is 1.52 bits per heavy atom. The molecule has 0 N–H and O–H groups in total. The predicted molar refractivity (Wildman–Crippen MR) is 118 cm³/mol. The molecule has 6 heteroatoms. The van der Waals surface area contributed by atoms with Crippen LogP contribution in [0.2, 0.25) is 0 Å². The summed E-state index contributed by atoms with van der Waals surface area (Å²) in [6, 6.07) is 21.5. The molecule has 0 atom stereocenters.